The average molecular weight is 410 g/mol. The van der Waals surface area contributed by atoms with Crippen molar-refractivity contribution in [2.75, 3.05) is 0 Å². The average Bonchev–Trinajstić information content (AvgIpc) is 3.20. The summed E-state index contributed by atoms with van der Waals surface area (Å²) in [6.07, 6.45) is 0. The van der Waals surface area contributed by atoms with E-state index < -0.39 is 0 Å². The number of imidazole rings is 1. The predicted octanol–water partition coefficient (Wildman–Crippen LogP) is 6.04. The summed E-state index contributed by atoms with van der Waals surface area (Å²) in [6, 6.07) is 28.1. The van der Waals surface area contributed by atoms with Crippen LogP contribution in [0.1, 0.15) is 41.5 Å². The van der Waals surface area contributed by atoms with Crippen LogP contribution < -0.4 is 5.32 Å². The van der Waals surface area contributed by atoms with Crippen molar-refractivity contribution in [3.8, 4) is 22.6 Å². The van der Waals surface area contributed by atoms with Gasteiger partial charge in [0.05, 0.1) is 6.04 Å². The maximum absolute atomic E-state index is 13.5. The lowest BCUT2D eigenvalue weighted by Crippen LogP contribution is -2.29. The second-order valence-corrected chi connectivity index (χ2v) is 7.71. The number of carbonyl (C=O) groups is 1. The van der Waals surface area contributed by atoms with Gasteiger partial charge in [-0.3, -0.25) is 4.79 Å². The molecule has 1 N–H and O–H groups in total. The minimum atomic E-state index is -0.122. The van der Waals surface area contributed by atoms with E-state index in [-0.39, 0.29) is 11.9 Å². The number of nitrogens with one attached hydrogen (secondary N) is 1. The Hall–Kier alpha value is -3.66. The molecule has 3 aromatic carbocycles. The first-order chi connectivity index (χ1) is 15.1. The molecular formula is C27H27N3O. The van der Waals surface area contributed by atoms with E-state index in [0.29, 0.717) is 17.9 Å². The molecule has 31 heavy (non-hydrogen) atoms. The standard InChI is InChI=1S/C27H27N3O/c1-4-30-25(27(31)28-20(3)21-11-7-5-8-12-21)24(22-17-15-19(2)16-18-22)29-26(30)23-13-9-6-10-14-23/h5-18,20H,4H2,1-3H3,(H,28,31)/t20-/m0/s1. The highest BCUT2D eigenvalue weighted by Gasteiger charge is 2.25. The van der Waals surface area contributed by atoms with Crippen LogP contribution in [0.15, 0.2) is 84.9 Å². The second kappa shape index (κ2) is 9.00. The molecule has 0 radical (unpaired) electrons. The number of nitrogens with zero attached hydrogens (tertiary/aromatic N) is 2. The van der Waals surface area contributed by atoms with Crippen molar-refractivity contribution in [1.82, 2.24) is 14.9 Å². The molecule has 156 valence electrons. The van der Waals surface area contributed by atoms with Crippen molar-refractivity contribution in [2.45, 2.75) is 33.4 Å². The van der Waals surface area contributed by atoms with E-state index in [1.807, 2.05) is 91.2 Å². The molecule has 0 fully saturated rings. The Bertz CT molecular complexity index is 1160. The lowest BCUT2D eigenvalue weighted by molar-refractivity contribution is 0.0931. The topological polar surface area (TPSA) is 46.9 Å². The monoisotopic (exact) mass is 409 g/mol. The first kappa shape index (κ1) is 20.6. The summed E-state index contributed by atoms with van der Waals surface area (Å²) >= 11 is 0. The van der Waals surface area contributed by atoms with E-state index >= 15 is 0 Å². The van der Waals surface area contributed by atoms with Crippen LogP contribution in [0.3, 0.4) is 0 Å². The van der Waals surface area contributed by atoms with Crippen LogP contribution in [-0.2, 0) is 6.54 Å². The molecule has 4 aromatic rings. The van der Waals surface area contributed by atoms with Gasteiger partial charge < -0.3 is 9.88 Å². The van der Waals surface area contributed by atoms with Crippen molar-refractivity contribution in [3.63, 3.8) is 0 Å². The molecule has 1 aromatic heterocycles. The molecule has 0 aliphatic carbocycles. The zero-order valence-electron chi connectivity index (χ0n) is 18.2. The maximum Gasteiger partial charge on any atom is 0.270 e. The largest absolute Gasteiger partial charge is 0.344 e. The fourth-order valence-electron chi connectivity index (χ4n) is 3.80. The van der Waals surface area contributed by atoms with Crippen molar-refractivity contribution in [3.05, 3.63) is 102 Å². The first-order valence-electron chi connectivity index (χ1n) is 10.7. The Balaban J connectivity index is 1.81. The number of rotatable bonds is 6. The molecule has 0 saturated carbocycles. The van der Waals surface area contributed by atoms with Gasteiger partial charge in [-0.1, -0.05) is 90.5 Å². The van der Waals surface area contributed by atoms with Gasteiger partial charge in [0, 0.05) is 17.7 Å². The van der Waals surface area contributed by atoms with E-state index in [2.05, 4.69) is 24.4 Å². The van der Waals surface area contributed by atoms with Crippen LogP contribution >= 0.6 is 0 Å². The molecule has 4 rings (SSSR count). The Morgan fingerprint density at radius 2 is 1.52 bits per heavy atom. The summed E-state index contributed by atoms with van der Waals surface area (Å²) in [6.45, 7) is 6.75. The predicted molar refractivity (Wildman–Crippen MR) is 126 cm³/mol. The fraction of sp³-hybridized carbons (Fsp3) is 0.185. The molecule has 1 amide bonds. The second-order valence-electron chi connectivity index (χ2n) is 7.71. The van der Waals surface area contributed by atoms with Crippen molar-refractivity contribution >= 4 is 5.91 Å². The van der Waals surface area contributed by atoms with Crippen molar-refractivity contribution in [1.29, 1.82) is 0 Å². The molecule has 1 heterocycles. The lowest BCUT2D eigenvalue weighted by atomic mass is 10.1. The van der Waals surface area contributed by atoms with Crippen LogP contribution in [-0.4, -0.2) is 15.5 Å². The highest BCUT2D eigenvalue weighted by molar-refractivity contribution is 5.99. The van der Waals surface area contributed by atoms with Crippen LogP contribution in [0.4, 0.5) is 0 Å². The third kappa shape index (κ3) is 4.29. The molecule has 4 nitrogen and oxygen atoms in total. The highest BCUT2D eigenvalue weighted by atomic mass is 16.2. The van der Waals surface area contributed by atoms with E-state index in [9.17, 15) is 4.79 Å². The van der Waals surface area contributed by atoms with E-state index in [4.69, 9.17) is 4.98 Å². The van der Waals surface area contributed by atoms with Gasteiger partial charge in [-0.05, 0) is 26.3 Å². The number of aromatic nitrogens is 2. The summed E-state index contributed by atoms with van der Waals surface area (Å²) in [5, 5.41) is 3.17. The first-order valence-corrected chi connectivity index (χ1v) is 10.7. The summed E-state index contributed by atoms with van der Waals surface area (Å²) in [4.78, 5) is 18.5. The normalized spacial score (nSPS) is 11.8. The number of hydrogen-bond acceptors (Lipinski definition) is 2. The third-order valence-electron chi connectivity index (χ3n) is 5.50. The van der Waals surface area contributed by atoms with Gasteiger partial charge in [-0.2, -0.15) is 0 Å². The van der Waals surface area contributed by atoms with E-state index in [1.54, 1.807) is 0 Å². The number of hydrogen-bond donors (Lipinski definition) is 1. The number of benzene rings is 3. The molecule has 0 bridgehead atoms. The Kier molecular flexibility index (Phi) is 5.99. The van der Waals surface area contributed by atoms with Crippen LogP contribution in [0.25, 0.3) is 22.6 Å². The zero-order chi connectivity index (χ0) is 21.8. The van der Waals surface area contributed by atoms with Crippen LogP contribution in [0, 0.1) is 6.92 Å². The molecular weight excluding hydrogens is 382 g/mol. The minimum Gasteiger partial charge on any atom is -0.344 e. The molecule has 0 aliphatic rings. The summed E-state index contributed by atoms with van der Waals surface area (Å²) in [5.74, 6) is 0.680. The van der Waals surface area contributed by atoms with Crippen molar-refractivity contribution < 1.29 is 4.79 Å². The number of aryl methyl sites for hydroxylation is 1. The smallest absolute Gasteiger partial charge is 0.270 e. The van der Waals surface area contributed by atoms with Crippen LogP contribution in [0.5, 0.6) is 0 Å². The Morgan fingerprint density at radius 1 is 0.903 bits per heavy atom. The maximum atomic E-state index is 13.5. The molecule has 0 aliphatic heterocycles. The minimum absolute atomic E-state index is 0.111. The van der Waals surface area contributed by atoms with Crippen molar-refractivity contribution in [2.24, 2.45) is 0 Å². The molecule has 1 atom stereocenters. The van der Waals surface area contributed by atoms with Gasteiger partial charge >= 0.3 is 0 Å². The fourth-order valence-corrected chi connectivity index (χ4v) is 3.80. The Labute approximate surface area is 183 Å². The molecule has 0 spiro atoms. The van der Waals surface area contributed by atoms with Gasteiger partial charge in [0.1, 0.15) is 17.2 Å². The molecule has 0 saturated heterocycles. The SMILES string of the molecule is CCn1c(-c2ccccc2)nc(-c2ccc(C)cc2)c1C(=O)N[C@@H](C)c1ccccc1. The van der Waals surface area contributed by atoms with Gasteiger partial charge in [0.25, 0.3) is 5.91 Å². The third-order valence-corrected chi connectivity index (χ3v) is 5.50. The van der Waals surface area contributed by atoms with Gasteiger partial charge in [-0.15, -0.1) is 0 Å². The zero-order valence-corrected chi connectivity index (χ0v) is 18.2. The summed E-state index contributed by atoms with van der Waals surface area (Å²) < 4.78 is 2.01. The number of carbonyl (C=O) groups excluding carboxylic acids is 1. The van der Waals surface area contributed by atoms with E-state index in [0.717, 1.165) is 22.5 Å². The Morgan fingerprint density at radius 3 is 2.13 bits per heavy atom. The van der Waals surface area contributed by atoms with Gasteiger partial charge in [0.2, 0.25) is 0 Å². The molecule has 0 unspecified atom stereocenters. The van der Waals surface area contributed by atoms with E-state index in [1.165, 1.54) is 5.56 Å². The van der Waals surface area contributed by atoms with Gasteiger partial charge in [-0.25, -0.2) is 4.98 Å². The number of amides is 1. The summed E-state index contributed by atoms with van der Waals surface area (Å²) in [7, 11) is 0. The highest BCUT2D eigenvalue weighted by Crippen LogP contribution is 2.30. The van der Waals surface area contributed by atoms with Gasteiger partial charge in [0.15, 0.2) is 0 Å². The quantitative estimate of drug-likeness (QED) is 0.422. The molecule has 4 heteroatoms. The lowest BCUT2D eigenvalue weighted by Gasteiger charge is -2.16. The summed E-state index contributed by atoms with van der Waals surface area (Å²) in [5.41, 5.74) is 5.47. The van der Waals surface area contributed by atoms with Crippen LogP contribution in [0.2, 0.25) is 0 Å².